The van der Waals surface area contributed by atoms with Gasteiger partial charge in [0.2, 0.25) is 11.8 Å². The summed E-state index contributed by atoms with van der Waals surface area (Å²) in [5.41, 5.74) is 0.101. The van der Waals surface area contributed by atoms with Crippen LogP contribution in [0.15, 0.2) is 6.07 Å². The first-order valence-electron chi connectivity index (χ1n) is 11.1. The Balaban J connectivity index is 1.95. The van der Waals surface area contributed by atoms with Gasteiger partial charge in [-0.1, -0.05) is 27.7 Å². The van der Waals surface area contributed by atoms with Gasteiger partial charge in [0.05, 0.1) is 18.9 Å². The summed E-state index contributed by atoms with van der Waals surface area (Å²) in [5.74, 6) is -0.941. The predicted molar refractivity (Wildman–Crippen MR) is 121 cm³/mol. The van der Waals surface area contributed by atoms with E-state index >= 15 is 0 Å². The fourth-order valence-corrected chi connectivity index (χ4v) is 5.22. The zero-order valence-corrected chi connectivity index (χ0v) is 19.8. The Bertz CT molecular complexity index is 814. The molecule has 1 aliphatic carbocycles. The molecule has 7 nitrogen and oxygen atoms in total. The van der Waals surface area contributed by atoms with Crippen molar-refractivity contribution in [2.45, 2.75) is 58.8 Å². The zero-order chi connectivity index (χ0) is 22.8. The van der Waals surface area contributed by atoms with Crippen molar-refractivity contribution < 1.29 is 24.2 Å². The highest BCUT2D eigenvalue weighted by molar-refractivity contribution is 7.14. The Kier molecular flexibility index (Phi) is 7.42. The number of carbonyl (C=O) groups excluding carboxylic acids is 2. The van der Waals surface area contributed by atoms with E-state index in [0.29, 0.717) is 37.9 Å². The van der Waals surface area contributed by atoms with E-state index in [9.17, 15) is 19.5 Å². The van der Waals surface area contributed by atoms with Crippen LogP contribution in [0.1, 0.15) is 67.9 Å². The number of hydrogen-bond donors (Lipinski definition) is 1. The number of morpholine rings is 1. The minimum absolute atomic E-state index is 0.122. The Labute approximate surface area is 188 Å². The van der Waals surface area contributed by atoms with Gasteiger partial charge in [0.1, 0.15) is 11.4 Å². The minimum Gasteiger partial charge on any atom is -0.477 e. The average Bonchev–Trinajstić information content (AvgIpc) is 3.18. The number of thiophene rings is 1. The lowest BCUT2D eigenvalue weighted by molar-refractivity contribution is -0.135. The maximum atomic E-state index is 13.6. The van der Waals surface area contributed by atoms with E-state index in [1.807, 2.05) is 20.8 Å². The summed E-state index contributed by atoms with van der Waals surface area (Å²) in [6, 6.07) is 1.80. The number of carboxylic acids is 1. The van der Waals surface area contributed by atoms with Gasteiger partial charge in [-0.25, -0.2) is 4.79 Å². The van der Waals surface area contributed by atoms with Gasteiger partial charge in [-0.05, 0) is 43.1 Å². The van der Waals surface area contributed by atoms with Crippen LogP contribution >= 0.6 is 11.3 Å². The quantitative estimate of drug-likeness (QED) is 0.738. The Hall–Kier alpha value is -1.93. The molecule has 0 radical (unpaired) electrons. The van der Waals surface area contributed by atoms with Gasteiger partial charge in [0, 0.05) is 23.9 Å². The van der Waals surface area contributed by atoms with Gasteiger partial charge >= 0.3 is 5.97 Å². The van der Waals surface area contributed by atoms with Crippen molar-refractivity contribution in [3.05, 3.63) is 15.8 Å². The molecule has 2 fully saturated rings. The van der Waals surface area contributed by atoms with E-state index in [4.69, 9.17) is 4.74 Å². The lowest BCUT2D eigenvalue weighted by Gasteiger charge is -2.33. The highest BCUT2D eigenvalue weighted by Gasteiger charge is 2.35. The van der Waals surface area contributed by atoms with E-state index in [1.165, 1.54) is 16.2 Å². The largest absolute Gasteiger partial charge is 0.477 e. The first-order valence-corrected chi connectivity index (χ1v) is 11.9. The molecule has 0 atom stereocenters. The molecule has 31 heavy (non-hydrogen) atoms. The molecule has 0 spiro atoms. The fourth-order valence-electron chi connectivity index (χ4n) is 4.16. The lowest BCUT2D eigenvalue weighted by Crippen LogP contribution is -2.49. The molecule has 0 bridgehead atoms. The third-order valence-electron chi connectivity index (χ3n) is 6.22. The maximum absolute atomic E-state index is 13.6. The van der Waals surface area contributed by atoms with Crippen molar-refractivity contribution in [2.24, 2.45) is 11.8 Å². The molecule has 1 saturated carbocycles. The predicted octanol–water partition coefficient (Wildman–Crippen LogP) is 3.76. The van der Waals surface area contributed by atoms with E-state index in [1.54, 1.807) is 11.0 Å². The number of ether oxygens (including phenoxy) is 1. The fraction of sp³-hybridized carbons (Fsp3) is 0.696. The molecule has 2 amide bonds. The van der Waals surface area contributed by atoms with Crippen molar-refractivity contribution in [3.8, 4) is 0 Å². The number of anilines is 1. The van der Waals surface area contributed by atoms with E-state index in [2.05, 4.69) is 6.92 Å². The van der Waals surface area contributed by atoms with Gasteiger partial charge in [0.25, 0.3) is 0 Å². The molecule has 2 heterocycles. The first-order chi connectivity index (χ1) is 14.6. The summed E-state index contributed by atoms with van der Waals surface area (Å²) in [7, 11) is 0. The third-order valence-corrected chi connectivity index (χ3v) is 7.76. The summed E-state index contributed by atoms with van der Waals surface area (Å²) in [5, 5.41) is 9.86. The van der Waals surface area contributed by atoms with Crippen LogP contribution in [0.3, 0.4) is 0 Å². The number of carbonyl (C=O) groups is 3. The minimum atomic E-state index is -1.07. The van der Waals surface area contributed by atoms with Crippen LogP contribution in [-0.4, -0.2) is 60.6 Å². The summed E-state index contributed by atoms with van der Waals surface area (Å²) >= 11 is 1.19. The number of carboxylic acid groups (broad SMARTS) is 1. The smallest absolute Gasteiger partial charge is 0.348 e. The molecule has 1 aliphatic heterocycles. The molecule has 1 N–H and O–H groups in total. The highest BCUT2D eigenvalue weighted by atomic mass is 32.1. The number of aromatic carboxylic acids is 1. The van der Waals surface area contributed by atoms with Crippen LogP contribution in [0.5, 0.6) is 0 Å². The van der Waals surface area contributed by atoms with Crippen LogP contribution < -0.4 is 4.90 Å². The SMILES string of the molecule is CC(C)(C)c1cc(N(CC(=O)N2CCOCC2)C(=O)[C@H]2CC[C@H](C)CC2)c(C(=O)O)s1. The molecule has 0 aromatic carbocycles. The van der Waals surface area contributed by atoms with Crippen LogP contribution in [0, 0.1) is 11.8 Å². The van der Waals surface area contributed by atoms with Crippen LogP contribution in [0.2, 0.25) is 0 Å². The Morgan fingerprint density at radius 2 is 1.77 bits per heavy atom. The number of rotatable bonds is 5. The molecule has 172 valence electrons. The highest BCUT2D eigenvalue weighted by Crippen LogP contribution is 2.39. The molecule has 1 aromatic heterocycles. The van der Waals surface area contributed by atoms with Gasteiger partial charge in [-0.3, -0.25) is 9.59 Å². The number of hydrogen-bond acceptors (Lipinski definition) is 5. The van der Waals surface area contributed by atoms with Crippen molar-refractivity contribution in [3.63, 3.8) is 0 Å². The van der Waals surface area contributed by atoms with Crippen molar-refractivity contribution in [2.75, 3.05) is 37.7 Å². The lowest BCUT2D eigenvalue weighted by atomic mass is 9.82. The Morgan fingerprint density at radius 3 is 2.32 bits per heavy atom. The van der Waals surface area contributed by atoms with Gasteiger partial charge in [0.15, 0.2) is 0 Å². The average molecular weight is 451 g/mol. The second-order valence-corrected chi connectivity index (χ2v) is 10.8. The van der Waals surface area contributed by atoms with Crippen LogP contribution in [-0.2, 0) is 19.7 Å². The molecule has 1 aromatic rings. The third kappa shape index (κ3) is 5.66. The standard InChI is InChI=1S/C23H34N2O5S/c1-15-5-7-16(8-6-15)21(27)25(14-19(26)24-9-11-30-12-10-24)17-13-18(23(2,3)4)31-20(17)22(28)29/h13,15-16H,5-12,14H2,1-4H3,(H,28,29)/t15-,16-. The molecule has 8 heteroatoms. The van der Waals surface area contributed by atoms with Crippen LogP contribution in [0.25, 0.3) is 0 Å². The van der Waals surface area contributed by atoms with E-state index in [-0.39, 0.29) is 34.6 Å². The summed E-state index contributed by atoms with van der Waals surface area (Å²) in [6.45, 7) is 10.0. The Morgan fingerprint density at radius 1 is 1.16 bits per heavy atom. The van der Waals surface area contributed by atoms with Gasteiger partial charge in [-0.15, -0.1) is 11.3 Å². The topological polar surface area (TPSA) is 87.2 Å². The second kappa shape index (κ2) is 9.69. The van der Waals surface area contributed by atoms with Crippen LogP contribution in [0.4, 0.5) is 5.69 Å². The molecule has 2 aliphatic rings. The van der Waals surface area contributed by atoms with E-state index < -0.39 is 5.97 Å². The summed E-state index contributed by atoms with van der Waals surface area (Å²) in [4.78, 5) is 42.9. The monoisotopic (exact) mass is 450 g/mol. The molecular formula is C23H34N2O5S. The molecule has 3 rings (SSSR count). The maximum Gasteiger partial charge on any atom is 0.348 e. The van der Waals surface area contributed by atoms with Crippen molar-refractivity contribution in [1.29, 1.82) is 0 Å². The number of nitrogens with zero attached hydrogens (tertiary/aromatic N) is 2. The van der Waals surface area contributed by atoms with Gasteiger partial charge < -0.3 is 19.6 Å². The van der Waals surface area contributed by atoms with Crippen molar-refractivity contribution >= 4 is 34.8 Å². The summed E-state index contributed by atoms with van der Waals surface area (Å²) < 4.78 is 5.33. The molecular weight excluding hydrogens is 416 g/mol. The van der Waals surface area contributed by atoms with E-state index in [0.717, 1.165) is 30.6 Å². The first kappa shape index (κ1) is 23.7. The molecule has 1 saturated heterocycles. The zero-order valence-electron chi connectivity index (χ0n) is 19.0. The molecule has 0 unspecified atom stereocenters. The second-order valence-electron chi connectivity index (χ2n) is 9.75. The number of amides is 2. The van der Waals surface area contributed by atoms with Crippen molar-refractivity contribution in [1.82, 2.24) is 4.90 Å². The van der Waals surface area contributed by atoms with Gasteiger partial charge in [-0.2, -0.15) is 0 Å². The normalized spacial score (nSPS) is 22.3. The summed E-state index contributed by atoms with van der Waals surface area (Å²) in [6.07, 6.45) is 3.51.